The highest BCUT2D eigenvalue weighted by molar-refractivity contribution is 6.62. The van der Waals surface area contributed by atoms with E-state index in [2.05, 4.69) is 0 Å². The van der Waals surface area contributed by atoms with Gasteiger partial charge in [-0.25, -0.2) is 4.79 Å². The number of hydrogen-bond acceptors (Lipinski definition) is 4. The second kappa shape index (κ2) is 5.93. The summed E-state index contributed by atoms with van der Waals surface area (Å²) >= 11 is 0. The first-order valence-electron chi connectivity index (χ1n) is 7.41. The Morgan fingerprint density at radius 2 is 1.59 bits per heavy atom. The van der Waals surface area contributed by atoms with Crippen molar-refractivity contribution in [2.24, 2.45) is 0 Å². The zero-order chi connectivity index (χ0) is 16.5. The van der Waals surface area contributed by atoms with Crippen molar-refractivity contribution in [3.8, 4) is 0 Å². The lowest BCUT2D eigenvalue weighted by atomic mass is 9.79. The van der Waals surface area contributed by atoms with E-state index in [0.29, 0.717) is 0 Å². The molecule has 120 valence electrons. The number of amides is 1. The van der Waals surface area contributed by atoms with Crippen LogP contribution in [0.4, 0.5) is 4.79 Å². The van der Waals surface area contributed by atoms with Crippen molar-refractivity contribution in [1.29, 1.82) is 0 Å². The van der Waals surface area contributed by atoms with Crippen molar-refractivity contribution in [2.45, 2.75) is 45.5 Å². The van der Waals surface area contributed by atoms with Crippen LogP contribution < -0.4 is 5.46 Å². The van der Waals surface area contributed by atoms with Crippen molar-refractivity contribution >= 4 is 18.7 Å². The average Bonchev–Trinajstić information content (AvgIpc) is 2.65. The Balaban J connectivity index is 2.00. The van der Waals surface area contributed by atoms with Gasteiger partial charge in [0.1, 0.15) is 6.61 Å². The van der Waals surface area contributed by atoms with E-state index in [4.69, 9.17) is 14.0 Å². The molecule has 5 nitrogen and oxygen atoms in total. The molecule has 1 saturated heterocycles. The second-order valence-electron chi connectivity index (χ2n) is 6.78. The van der Waals surface area contributed by atoms with E-state index < -0.39 is 0 Å². The largest absolute Gasteiger partial charge is 0.494 e. The Hall–Kier alpha value is -1.53. The zero-order valence-electron chi connectivity index (χ0n) is 14.2. The smallest absolute Gasteiger partial charge is 0.445 e. The Kier molecular flexibility index (Phi) is 4.54. The number of ether oxygens (including phenoxy) is 1. The Bertz CT molecular complexity index is 524. The molecule has 0 bridgehead atoms. The predicted octanol–water partition coefficient (Wildman–Crippen LogP) is 2.18. The molecule has 0 spiro atoms. The molecule has 1 fully saturated rings. The van der Waals surface area contributed by atoms with Gasteiger partial charge in [0, 0.05) is 14.1 Å². The molecule has 0 aromatic heterocycles. The zero-order valence-corrected chi connectivity index (χ0v) is 14.2. The molecule has 0 N–H and O–H groups in total. The van der Waals surface area contributed by atoms with Gasteiger partial charge in [-0.05, 0) is 38.7 Å². The molecule has 1 aliphatic heterocycles. The fourth-order valence-corrected chi connectivity index (χ4v) is 2.02. The van der Waals surface area contributed by atoms with Crippen molar-refractivity contribution in [3.05, 3.63) is 29.8 Å². The summed E-state index contributed by atoms with van der Waals surface area (Å²) in [5.74, 6) is 0. The lowest BCUT2D eigenvalue weighted by Crippen LogP contribution is -2.41. The molecule has 0 radical (unpaired) electrons. The van der Waals surface area contributed by atoms with Gasteiger partial charge < -0.3 is 18.9 Å². The summed E-state index contributed by atoms with van der Waals surface area (Å²) in [4.78, 5) is 12.8. The first kappa shape index (κ1) is 16.8. The average molecular weight is 305 g/mol. The number of carbonyl (C=O) groups is 1. The first-order chi connectivity index (χ1) is 10.1. The first-order valence-corrected chi connectivity index (χ1v) is 7.41. The molecule has 1 heterocycles. The Labute approximate surface area is 132 Å². The van der Waals surface area contributed by atoms with Crippen LogP contribution in [0.5, 0.6) is 0 Å². The van der Waals surface area contributed by atoms with Gasteiger partial charge in [-0.15, -0.1) is 0 Å². The maximum Gasteiger partial charge on any atom is 0.494 e. The molecule has 1 aliphatic rings. The third-order valence-electron chi connectivity index (χ3n) is 4.23. The van der Waals surface area contributed by atoms with E-state index in [9.17, 15) is 4.79 Å². The van der Waals surface area contributed by atoms with Gasteiger partial charge in [0.05, 0.1) is 11.2 Å². The molecule has 0 aliphatic carbocycles. The quantitative estimate of drug-likeness (QED) is 0.803. The Morgan fingerprint density at radius 3 is 2.05 bits per heavy atom. The van der Waals surface area contributed by atoms with E-state index in [1.54, 1.807) is 14.1 Å². The second-order valence-corrected chi connectivity index (χ2v) is 6.78. The molecule has 1 aromatic carbocycles. The monoisotopic (exact) mass is 305 g/mol. The Morgan fingerprint density at radius 1 is 1.09 bits per heavy atom. The molecule has 1 aromatic rings. The molecule has 2 rings (SSSR count). The summed E-state index contributed by atoms with van der Waals surface area (Å²) in [5.41, 5.74) is 1.19. The van der Waals surface area contributed by atoms with Gasteiger partial charge in [-0.1, -0.05) is 24.3 Å². The number of benzene rings is 1. The van der Waals surface area contributed by atoms with E-state index >= 15 is 0 Å². The normalized spacial score (nSPS) is 19.1. The summed E-state index contributed by atoms with van der Waals surface area (Å²) < 4.78 is 17.2. The summed E-state index contributed by atoms with van der Waals surface area (Å²) in [6, 6.07) is 7.73. The molecule has 0 saturated carbocycles. The third kappa shape index (κ3) is 3.44. The minimum absolute atomic E-state index is 0.251. The van der Waals surface area contributed by atoms with Crippen LogP contribution >= 0.6 is 0 Å². The van der Waals surface area contributed by atoms with Crippen LogP contribution in [0.1, 0.15) is 33.3 Å². The molecule has 22 heavy (non-hydrogen) atoms. The fraction of sp³-hybridized carbons (Fsp3) is 0.562. The van der Waals surface area contributed by atoms with Crippen molar-refractivity contribution < 1.29 is 18.8 Å². The number of carbonyl (C=O) groups excluding carboxylic acids is 1. The molecular formula is C16H24BNO4. The van der Waals surface area contributed by atoms with Crippen molar-refractivity contribution in [3.63, 3.8) is 0 Å². The maximum absolute atomic E-state index is 11.4. The highest BCUT2D eigenvalue weighted by Gasteiger charge is 2.51. The van der Waals surface area contributed by atoms with Gasteiger partial charge in [0.2, 0.25) is 0 Å². The summed E-state index contributed by atoms with van der Waals surface area (Å²) in [5, 5.41) is 0. The molecule has 0 atom stereocenters. The van der Waals surface area contributed by atoms with Crippen LogP contribution in [0.2, 0.25) is 0 Å². The number of hydrogen-bond donors (Lipinski definition) is 0. The fourth-order valence-electron chi connectivity index (χ4n) is 2.02. The van der Waals surface area contributed by atoms with Crippen LogP contribution in [-0.4, -0.2) is 43.4 Å². The number of rotatable bonds is 3. The molecular weight excluding hydrogens is 281 g/mol. The summed E-state index contributed by atoms with van der Waals surface area (Å²) in [6.07, 6.45) is -0.352. The van der Waals surface area contributed by atoms with Crippen molar-refractivity contribution in [2.75, 3.05) is 14.1 Å². The van der Waals surface area contributed by atoms with E-state index in [0.717, 1.165) is 11.0 Å². The lowest BCUT2D eigenvalue weighted by molar-refractivity contribution is 0.00578. The lowest BCUT2D eigenvalue weighted by Gasteiger charge is -2.32. The summed E-state index contributed by atoms with van der Waals surface area (Å²) in [7, 11) is 2.94. The van der Waals surface area contributed by atoms with Gasteiger partial charge in [0.25, 0.3) is 0 Å². The van der Waals surface area contributed by atoms with Crippen molar-refractivity contribution in [1.82, 2.24) is 4.90 Å². The van der Waals surface area contributed by atoms with Gasteiger partial charge >= 0.3 is 13.2 Å². The van der Waals surface area contributed by atoms with Crippen LogP contribution in [0.3, 0.4) is 0 Å². The van der Waals surface area contributed by atoms with Crippen LogP contribution in [0.25, 0.3) is 0 Å². The van der Waals surface area contributed by atoms with Gasteiger partial charge in [-0.3, -0.25) is 0 Å². The summed E-state index contributed by atoms with van der Waals surface area (Å²) in [6.45, 7) is 8.37. The van der Waals surface area contributed by atoms with Gasteiger partial charge in [0.15, 0.2) is 0 Å². The highest BCUT2D eigenvalue weighted by Crippen LogP contribution is 2.36. The van der Waals surface area contributed by atoms with E-state index in [-0.39, 0.29) is 31.0 Å². The molecule has 0 unspecified atom stereocenters. The predicted molar refractivity (Wildman–Crippen MR) is 86.0 cm³/mol. The van der Waals surface area contributed by atoms with Crippen LogP contribution in [0.15, 0.2) is 24.3 Å². The third-order valence-corrected chi connectivity index (χ3v) is 4.23. The minimum atomic E-state index is -0.372. The number of nitrogens with zero attached hydrogens (tertiary/aromatic N) is 1. The van der Waals surface area contributed by atoms with Crippen LogP contribution in [-0.2, 0) is 20.7 Å². The maximum atomic E-state index is 11.4. The SMILES string of the molecule is CN(C)C(=O)OCc1ccc(B2OC(C)(C)C(C)(C)O2)cc1. The molecule has 6 heteroatoms. The van der Waals surface area contributed by atoms with E-state index in [1.807, 2.05) is 52.0 Å². The molecule has 1 amide bonds. The van der Waals surface area contributed by atoms with Gasteiger partial charge in [-0.2, -0.15) is 0 Å². The standard InChI is InChI=1S/C16H24BNO4/c1-15(2)16(3,4)22-17(21-15)13-9-7-12(8-10-13)11-20-14(19)18(5)6/h7-10H,11H2,1-6H3. The van der Waals surface area contributed by atoms with E-state index in [1.165, 1.54) is 4.90 Å². The highest BCUT2D eigenvalue weighted by atomic mass is 16.7. The topological polar surface area (TPSA) is 48.0 Å². The van der Waals surface area contributed by atoms with Crippen LogP contribution in [0, 0.1) is 0 Å². The minimum Gasteiger partial charge on any atom is -0.445 e.